The Morgan fingerprint density at radius 3 is 2.85 bits per heavy atom. The van der Waals surface area contributed by atoms with E-state index >= 15 is 0 Å². The quantitative estimate of drug-likeness (QED) is 0.644. The third-order valence-corrected chi connectivity index (χ3v) is 3.50. The molecule has 0 atom stereocenters. The van der Waals surface area contributed by atoms with Crippen LogP contribution >= 0.6 is 0 Å². The van der Waals surface area contributed by atoms with Gasteiger partial charge in [-0.05, 0) is 31.4 Å². The van der Waals surface area contributed by atoms with E-state index in [-0.39, 0.29) is 5.91 Å². The number of nitrogens with one attached hydrogen (secondary N) is 1. The minimum Gasteiger partial charge on any atom is -0.378 e. The number of carbonyl (C=O) groups is 1. The highest BCUT2D eigenvalue weighted by Gasteiger charge is 2.13. The van der Waals surface area contributed by atoms with Crippen LogP contribution in [0.15, 0.2) is 18.3 Å². The molecule has 0 spiro atoms. The SMILES string of the molecule is O=C(NCCCOC1CCCCC1)c1ccc(F)nc1. The van der Waals surface area contributed by atoms with Crippen molar-refractivity contribution in [1.29, 1.82) is 0 Å². The van der Waals surface area contributed by atoms with Gasteiger partial charge in [0, 0.05) is 19.3 Å². The van der Waals surface area contributed by atoms with Crippen LogP contribution in [0.25, 0.3) is 0 Å². The van der Waals surface area contributed by atoms with Gasteiger partial charge in [-0.25, -0.2) is 4.98 Å². The number of ether oxygens (including phenoxy) is 1. The van der Waals surface area contributed by atoms with Crippen LogP contribution in [0.1, 0.15) is 48.9 Å². The Hall–Kier alpha value is -1.49. The fourth-order valence-electron chi connectivity index (χ4n) is 2.37. The Morgan fingerprint density at radius 1 is 1.35 bits per heavy atom. The molecule has 0 radical (unpaired) electrons. The predicted octanol–water partition coefficient (Wildman–Crippen LogP) is 2.69. The molecule has 1 aromatic heterocycles. The summed E-state index contributed by atoms with van der Waals surface area (Å²) < 4.78 is 18.4. The molecule has 1 aliphatic rings. The molecule has 20 heavy (non-hydrogen) atoms. The van der Waals surface area contributed by atoms with Crippen molar-refractivity contribution in [2.75, 3.05) is 13.2 Å². The topological polar surface area (TPSA) is 51.2 Å². The van der Waals surface area contributed by atoms with E-state index in [2.05, 4.69) is 10.3 Å². The second kappa shape index (κ2) is 7.94. The van der Waals surface area contributed by atoms with Crippen molar-refractivity contribution in [2.24, 2.45) is 0 Å². The van der Waals surface area contributed by atoms with Crippen LogP contribution in [0, 0.1) is 5.95 Å². The van der Waals surface area contributed by atoms with Gasteiger partial charge in [0.1, 0.15) is 0 Å². The maximum absolute atomic E-state index is 12.6. The number of amides is 1. The molecule has 0 aliphatic heterocycles. The van der Waals surface area contributed by atoms with Crippen molar-refractivity contribution in [3.8, 4) is 0 Å². The van der Waals surface area contributed by atoms with E-state index in [1.54, 1.807) is 0 Å². The number of nitrogens with zero attached hydrogens (tertiary/aromatic N) is 1. The van der Waals surface area contributed by atoms with Gasteiger partial charge in [0.2, 0.25) is 5.95 Å². The first-order valence-corrected chi connectivity index (χ1v) is 7.27. The third kappa shape index (κ3) is 4.89. The zero-order valence-electron chi connectivity index (χ0n) is 11.6. The largest absolute Gasteiger partial charge is 0.378 e. The molecular weight excluding hydrogens is 259 g/mol. The Balaban J connectivity index is 1.58. The second-order valence-corrected chi connectivity index (χ2v) is 5.11. The lowest BCUT2D eigenvalue weighted by Gasteiger charge is -2.21. The van der Waals surface area contributed by atoms with E-state index < -0.39 is 5.95 Å². The third-order valence-electron chi connectivity index (χ3n) is 3.50. The monoisotopic (exact) mass is 280 g/mol. The molecule has 1 fully saturated rings. The molecule has 1 heterocycles. The Labute approximate surface area is 118 Å². The normalized spacial score (nSPS) is 16.1. The van der Waals surface area contributed by atoms with Crippen molar-refractivity contribution in [3.05, 3.63) is 29.8 Å². The maximum atomic E-state index is 12.6. The zero-order valence-corrected chi connectivity index (χ0v) is 11.6. The number of pyridine rings is 1. The summed E-state index contributed by atoms with van der Waals surface area (Å²) in [5, 5.41) is 2.77. The number of hydrogen-bond donors (Lipinski definition) is 1. The zero-order chi connectivity index (χ0) is 14.2. The second-order valence-electron chi connectivity index (χ2n) is 5.11. The van der Waals surface area contributed by atoms with Gasteiger partial charge >= 0.3 is 0 Å². The summed E-state index contributed by atoms with van der Waals surface area (Å²) in [4.78, 5) is 15.2. The standard InChI is InChI=1S/C15H21FN2O2/c16-14-8-7-12(11-18-14)15(19)17-9-4-10-20-13-5-2-1-3-6-13/h7-8,11,13H,1-6,9-10H2,(H,17,19). The fraction of sp³-hybridized carbons (Fsp3) is 0.600. The van der Waals surface area contributed by atoms with E-state index in [9.17, 15) is 9.18 Å². The van der Waals surface area contributed by atoms with E-state index in [0.717, 1.165) is 19.3 Å². The van der Waals surface area contributed by atoms with Crippen molar-refractivity contribution >= 4 is 5.91 Å². The minimum absolute atomic E-state index is 0.227. The van der Waals surface area contributed by atoms with E-state index in [4.69, 9.17) is 4.74 Å². The predicted molar refractivity (Wildman–Crippen MR) is 74.0 cm³/mol. The van der Waals surface area contributed by atoms with Gasteiger partial charge in [-0.15, -0.1) is 0 Å². The number of aromatic nitrogens is 1. The molecule has 0 unspecified atom stereocenters. The minimum atomic E-state index is -0.581. The summed E-state index contributed by atoms with van der Waals surface area (Å²) in [6.07, 6.45) is 8.60. The Bertz CT molecular complexity index is 416. The van der Waals surface area contributed by atoms with Gasteiger partial charge in [0.15, 0.2) is 0 Å². The van der Waals surface area contributed by atoms with Crippen LogP contribution in [-0.2, 0) is 4.74 Å². The molecule has 1 saturated carbocycles. The summed E-state index contributed by atoms with van der Waals surface area (Å²) in [7, 11) is 0. The lowest BCUT2D eigenvalue weighted by Crippen LogP contribution is -2.26. The average Bonchev–Trinajstić information content (AvgIpc) is 2.48. The molecular formula is C15H21FN2O2. The lowest BCUT2D eigenvalue weighted by atomic mass is 9.98. The molecule has 0 saturated heterocycles. The van der Waals surface area contributed by atoms with Gasteiger partial charge in [-0.2, -0.15) is 4.39 Å². The fourth-order valence-corrected chi connectivity index (χ4v) is 2.37. The Morgan fingerprint density at radius 2 is 2.15 bits per heavy atom. The highest BCUT2D eigenvalue weighted by molar-refractivity contribution is 5.93. The first-order chi connectivity index (χ1) is 9.75. The molecule has 1 aliphatic carbocycles. The lowest BCUT2D eigenvalue weighted by molar-refractivity contribution is 0.0273. The number of carbonyl (C=O) groups excluding carboxylic acids is 1. The highest BCUT2D eigenvalue weighted by atomic mass is 19.1. The molecule has 4 nitrogen and oxygen atoms in total. The molecule has 1 aromatic rings. The maximum Gasteiger partial charge on any atom is 0.252 e. The summed E-state index contributed by atoms with van der Waals surface area (Å²) in [6.45, 7) is 1.23. The number of hydrogen-bond acceptors (Lipinski definition) is 3. The van der Waals surface area contributed by atoms with Crippen molar-refractivity contribution < 1.29 is 13.9 Å². The van der Waals surface area contributed by atoms with Crippen LogP contribution < -0.4 is 5.32 Å². The first-order valence-electron chi connectivity index (χ1n) is 7.27. The van der Waals surface area contributed by atoms with Gasteiger partial charge in [-0.3, -0.25) is 4.79 Å². The van der Waals surface area contributed by atoms with E-state index in [0.29, 0.717) is 24.8 Å². The van der Waals surface area contributed by atoms with Gasteiger partial charge in [0.05, 0.1) is 11.7 Å². The molecule has 1 N–H and O–H groups in total. The molecule has 0 aromatic carbocycles. The molecule has 110 valence electrons. The molecule has 2 rings (SSSR count). The van der Waals surface area contributed by atoms with Crippen LogP contribution in [-0.4, -0.2) is 30.1 Å². The molecule has 0 bridgehead atoms. The summed E-state index contributed by atoms with van der Waals surface area (Å²) in [5.74, 6) is -0.808. The van der Waals surface area contributed by atoms with Crippen LogP contribution in [0.5, 0.6) is 0 Å². The smallest absolute Gasteiger partial charge is 0.252 e. The van der Waals surface area contributed by atoms with Crippen molar-refractivity contribution in [2.45, 2.75) is 44.6 Å². The van der Waals surface area contributed by atoms with E-state index in [1.165, 1.54) is 37.6 Å². The number of rotatable bonds is 6. The van der Waals surface area contributed by atoms with Gasteiger partial charge in [0.25, 0.3) is 5.91 Å². The van der Waals surface area contributed by atoms with Crippen molar-refractivity contribution in [1.82, 2.24) is 10.3 Å². The Kier molecular flexibility index (Phi) is 5.92. The highest BCUT2D eigenvalue weighted by Crippen LogP contribution is 2.20. The van der Waals surface area contributed by atoms with Crippen LogP contribution in [0.3, 0.4) is 0 Å². The summed E-state index contributed by atoms with van der Waals surface area (Å²) in [6, 6.07) is 2.61. The van der Waals surface area contributed by atoms with E-state index in [1.807, 2.05) is 0 Å². The first kappa shape index (κ1) is 14.9. The molecule has 1 amide bonds. The van der Waals surface area contributed by atoms with Crippen LogP contribution in [0.2, 0.25) is 0 Å². The van der Waals surface area contributed by atoms with Crippen LogP contribution in [0.4, 0.5) is 4.39 Å². The summed E-state index contributed by atoms with van der Waals surface area (Å²) >= 11 is 0. The van der Waals surface area contributed by atoms with Gasteiger partial charge < -0.3 is 10.1 Å². The molecule has 5 heteroatoms. The van der Waals surface area contributed by atoms with Crippen molar-refractivity contribution in [3.63, 3.8) is 0 Å². The average molecular weight is 280 g/mol. The summed E-state index contributed by atoms with van der Waals surface area (Å²) in [5.41, 5.74) is 0.375. The van der Waals surface area contributed by atoms with Gasteiger partial charge in [-0.1, -0.05) is 19.3 Å². The number of halogens is 1.